The fraction of sp³-hybridized carbons (Fsp3) is 0.190. The van der Waals surface area contributed by atoms with E-state index in [1.165, 1.54) is 11.4 Å². The van der Waals surface area contributed by atoms with Crippen molar-refractivity contribution < 1.29 is 13.2 Å². The predicted molar refractivity (Wildman–Crippen MR) is 114 cm³/mol. The zero-order valence-corrected chi connectivity index (χ0v) is 16.9. The van der Waals surface area contributed by atoms with Gasteiger partial charge in [-0.1, -0.05) is 30.8 Å². The van der Waals surface area contributed by atoms with E-state index >= 15 is 0 Å². The van der Waals surface area contributed by atoms with Crippen molar-refractivity contribution in [2.24, 2.45) is 5.73 Å². The highest BCUT2D eigenvalue weighted by atomic mass is 32.2. The van der Waals surface area contributed by atoms with Crippen molar-refractivity contribution in [3.8, 4) is 11.1 Å². The second-order valence-corrected chi connectivity index (χ2v) is 8.68. The first kappa shape index (κ1) is 19.7. The van der Waals surface area contributed by atoms with Crippen molar-refractivity contribution in [3.05, 3.63) is 65.2 Å². The minimum absolute atomic E-state index is 0.149. The number of hydrogen-bond donors (Lipinski definition) is 2. The highest BCUT2D eigenvalue weighted by Gasteiger charge is 2.18. The van der Waals surface area contributed by atoms with Gasteiger partial charge >= 0.3 is 0 Å². The summed E-state index contributed by atoms with van der Waals surface area (Å²) in [6.07, 6.45) is 0.149. The molecular weight excluding hydrogens is 374 g/mol. The molecule has 0 aliphatic carbocycles. The number of carbonyl (C=O) groups excluding carboxylic acids is 1. The van der Waals surface area contributed by atoms with Gasteiger partial charge in [0.05, 0.1) is 17.6 Å². The molecule has 0 aliphatic rings. The quantitative estimate of drug-likeness (QED) is 0.667. The molecule has 3 N–H and O–H groups in total. The number of sulfonamides is 1. The van der Waals surface area contributed by atoms with E-state index in [-0.39, 0.29) is 6.42 Å². The Hall–Kier alpha value is -3.06. The monoisotopic (exact) mass is 397 g/mol. The average Bonchev–Trinajstić information content (AvgIpc) is 2.96. The number of benzene rings is 2. The van der Waals surface area contributed by atoms with Crippen LogP contribution in [0.25, 0.3) is 22.0 Å². The second-order valence-electron chi connectivity index (χ2n) is 6.77. The van der Waals surface area contributed by atoms with Crippen LogP contribution in [0.1, 0.15) is 16.8 Å². The summed E-state index contributed by atoms with van der Waals surface area (Å²) in [7, 11) is -2.08. The predicted octanol–water partition coefficient (Wildman–Crippen LogP) is 3.39. The van der Waals surface area contributed by atoms with Gasteiger partial charge in [0.15, 0.2) is 0 Å². The molecule has 0 atom stereocenters. The van der Waals surface area contributed by atoms with Crippen LogP contribution in [0.3, 0.4) is 0 Å². The number of fused-ring (bicyclic) bond motifs is 1. The molecular formula is C21H23N3O3S. The van der Waals surface area contributed by atoms with Gasteiger partial charge in [0, 0.05) is 23.5 Å². The van der Waals surface area contributed by atoms with Gasteiger partial charge in [-0.25, -0.2) is 8.42 Å². The van der Waals surface area contributed by atoms with Gasteiger partial charge in [-0.15, -0.1) is 0 Å². The molecule has 1 heterocycles. The van der Waals surface area contributed by atoms with Crippen molar-refractivity contribution in [2.75, 3.05) is 11.4 Å². The van der Waals surface area contributed by atoms with E-state index in [1.54, 1.807) is 6.07 Å². The maximum Gasteiger partial charge on any atom is 0.256 e. The number of nitrogens with one attached hydrogen (secondary N) is 1. The third kappa shape index (κ3) is 3.41. The van der Waals surface area contributed by atoms with Gasteiger partial charge in [-0.3, -0.25) is 9.10 Å². The number of amides is 1. The van der Waals surface area contributed by atoms with Crippen molar-refractivity contribution in [1.29, 1.82) is 0 Å². The summed E-state index contributed by atoms with van der Waals surface area (Å²) < 4.78 is 25.4. The van der Waals surface area contributed by atoms with E-state index < -0.39 is 15.9 Å². The number of primary amides is 1. The van der Waals surface area contributed by atoms with E-state index in [2.05, 4.69) is 11.6 Å². The third-order valence-electron chi connectivity index (χ3n) is 5.02. The fourth-order valence-electron chi connectivity index (χ4n) is 3.35. The molecule has 0 bridgehead atoms. The lowest BCUT2D eigenvalue weighted by atomic mass is 9.95. The summed E-state index contributed by atoms with van der Waals surface area (Å²) in [5, 5.41) is 1.93. The zero-order valence-electron chi connectivity index (χ0n) is 16.1. The van der Waals surface area contributed by atoms with Crippen molar-refractivity contribution >= 4 is 32.5 Å². The maximum absolute atomic E-state index is 12.1. The lowest BCUT2D eigenvalue weighted by molar-refractivity contribution is -0.117. The molecule has 3 aromatic rings. The Labute approximate surface area is 164 Å². The molecule has 6 nitrogen and oxygen atoms in total. The molecule has 0 unspecified atom stereocenters. The molecule has 0 aliphatic heterocycles. The summed E-state index contributed by atoms with van der Waals surface area (Å²) in [5.41, 5.74) is 11.6. The topological polar surface area (TPSA) is 96.3 Å². The van der Waals surface area contributed by atoms with Crippen LogP contribution in [0.15, 0.2) is 48.4 Å². The summed E-state index contributed by atoms with van der Waals surface area (Å²) in [6, 6.07) is 11.1. The number of rotatable bonds is 6. The summed E-state index contributed by atoms with van der Waals surface area (Å²) in [4.78, 5) is 14.8. The van der Waals surface area contributed by atoms with Crippen LogP contribution in [0, 0.1) is 13.8 Å². The smallest absolute Gasteiger partial charge is 0.256 e. The van der Waals surface area contributed by atoms with Crippen LogP contribution in [0.2, 0.25) is 0 Å². The van der Waals surface area contributed by atoms with E-state index in [0.29, 0.717) is 5.69 Å². The Morgan fingerprint density at radius 1 is 1.25 bits per heavy atom. The standard InChI is InChI=1S/C21H23N3O3S/c1-5-28(26,27)24(4)17-8-6-7-15(11-17)18-10-9-16(12-19(22)25)21-20(18)13(2)14(3)23-21/h5-11,23H,1,12H2,2-4H3,(H2,22,25). The number of nitrogens with zero attached hydrogens (tertiary/aromatic N) is 1. The molecule has 1 amide bonds. The van der Waals surface area contributed by atoms with Gasteiger partial charge in [0.1, 0.15) is 0 Å². The summed E-state index contributed by atoms with van der Waals surface area (Å²) in [5.74, 6) is -0.391. The van der Waals surface area contributed by atoms with E-state index in [4.69, 9.17) is 5.73 Å². The molecule has 0 fully saturated rings. The Balaban J connectivity index is 2.21. The molecule has 28 heavy (non-hydrogen) atoms. The number of aromatic amines is 1. The first-order valence-electron chi connectivity index (χ1n) is 8.76. The van der Waals surface area contributed by atoms with E-state index in [1.807, 2.05) is 44.2 Å². The van der Waals surface area contributed by atoms with Crippen molar-refractivity contribution in [3.63, 3.8) is 0 Å². The van der Waals surface area contributed by atoms with Crippen LogP contribution in [0.4, 0.5) is 5.69 Å². The third-order valence-corrected chi connectivity index (χ3v) is 6.41. The van der Waals surface area contributed by atoms with E-state index in [9.17, 15) is 13.2 Å². The maximum atomic E-state index is 12.1. The number of carbonyl (C=O) groups is 1. The molecule has 7 heteroatoms. The Morgan fingerprint density at radius 2 is 1.96 bits per heavy atom. The van der Waals surface area contributed by atoms with Gasteiger partial charge in [-0.2, -0.15) is 0 Å². The van der Waals surface area contributed by atoms with Crippen molar-refractivity contribution in [2.45, 2.75) is 20.3 Å². The van der Waals surface area contributed by atoms with Crippen LogP contribution in [-0.4, -0.2) is 26.4 Å². The molecule has 0 radical (unpaired) electrons. The van der Waals surface area contributed by atoms with Crippen LogP contribution < -0.4 is 10.0 Å². The highest BCUT2D eigenvalue weighted by Crippen LogP contribution is 2.36. The fourth-order valence-corrected chi connectivity index (χ4v) is 3.98. The number of hydrogen-bond acceptors (Lipinski definition) is 3. The Kier molecular flexibility index (Phi) is 5.04. The van der Waals surface area contributed by atoms with Gasteiger partial charge in [0.25, 0.3) is 10.0 Å². The SMILES string of the molecule is C=CS(=O)(=O)N(C)c1cccc(-c2ccc(CC(N)=O)c3[nH]c(C)c(C)c23)c1. The zero-order chi connectivity index (χ0) is 20.6. The molecule has 3 rings (SSSR count). The first-order valence-corrected chi connectivity index (χ1v) is 10.3. The van der Waals surface area contributed by atoms with Gasteiger partial charge in [0.2, 0.25) is 5.91 Å². The van der Waals surface area contributed by atoms with Crippen LogP contribution in [-0.2, 0) is 21.2 Å². The lowest BCUT2D eigenvalue weighted by Gasteiger charge is -2.18. The van der Waals surface area contributed by atoms with Gasteiger partial charge < -0.3 is 10.7 Å². The van der Waals surface area contributed by atoms with Crippen molar-refractivity contribution in [1.82, 2.24) is 4.98 Å². The summed E-state index contributed by atoms with van der Waals surface area (Å²) >= 11 is 0. The minimum Gasteiger partial charge on any atom is -0.369 e. The molecule has 146 valence electrons. The van der Waals surface area contributed by atoms with E-state index in [0.717, 1.165) is 44.3 Å². The second kappa shape index (κ2) is 7.16. The normalized spacial score (nSPS) is 11.5. The van der Waals surface area contributed by atoms with Crippen LogP contribution in [0.5, 0.6) is 0 Å². The minimum atomic E-state index is -3.58. The molecule has 2 aromatic carbocycles. The first-order chi connectivity index (χ1) is 13.2. The highest BCUT2D eigenvalue weighted by molar-refractivity contribution is 7.95. The number of aromatic nitrogens is 1. The molecule has 0 saturated carbocycles. The average molecular weight is 398 g/mol. The molecule has 0 spiro atoms. The Morgan fingerprint density at radius 3 is 2.61 bits per heavy atom. The molecule has 0 saturated heterocycles. The lowest BCUT2D eigenvalue weighted by Crippen LogP contribution is -2.23. The number of anilines is 1. The number of H-pyrrole nitrogens is 1. The van der Waals surface area contributed by atoms with Gasteiger partial charge in [-0.05, 0) is 48.2 Å². The van der Waals surface area contributed by atoms with Crippen LogP contribution >= 0.6 is 0 Å². The largest absolute Gasteiger partial charge is 0.369 e. The number of nitrogens with two attached hydrogens (primary N) is 1. The number of aryl methyl sites for hydroxylation is 2. The molecule has 1 aromatic heterocycles. The summed E-state index contributed by atoms with van der Waals surface area (Å²) in [6.45, 7) is 7.37. The Bertz CT molecular complexity index is 1190.